The van der Waals surface area contributed by atoms with Crippen molar-refractivity contribution in [1.29, 1.82) is 0 Å². The van der Waals surface area contributed by atoms with Crippen molar-refractivity contribution in [2.24, 2.45) is 22.6 Å². The van der Waals surface area contributed by atoms with Crippen LogP contribution in [0.2, 0.25) is 0 Å². The number of benzene rings is 1. The summed E-state index contributed by atoms with van der Waals surface area (Å²) < 4.78 is 5.22. The standard InChI is InChI=1S/C25H35N7O3/c1-16-10-20(13-23(29-16)25(34)28-14-18-6-5-9-22(12-18)35-3)24(26)31-32(27)15-19-7-4-8-21(11-19)30-17(2)33/h5-6,9-10,12-13,19,21H,4,7-8,11,14-15,27H2,1-3H3,(H2,26,31)(H,28,34)(H,30,33). The van der Waals surface area contributed by atoms with Crippen molar-refractivity contribution in [2.75, 3.05) is 13.7 Å². The van der Waals surface area contributed by atoms with Crippen LogP contribution in [0.4, 0.5) is 0 Å². The summed E-state index contributed by atoms with van der Waals surface area (Å²) in [6.45, 7) is 4.19. The first-order valence-electron chi connectivity index (χ1n) is 11.8. The van der Waals surface area contributed by atoms with Gasteiger partial charge in [0.05, 0.1) is 13.7 Å². The number of amidine groups is 1. The second-order valence-corrected chi connectivity index (χ2v) is 8.95. The molecule has 10 heteroatoms. The van der Waals surface area contributed by atoms with Gasteiger partial charge >= 0.3 is 0 Å². The minimum Gasteiger partial charge on any atom is -0.497 e. The topological polar surface area (TPSA) is 148 Å². The third-order valence-corrected chi connectivity index (χ3v) is 5.94. The number of hydrogen-bond donors (Lipinski definition) is 4. The molecule has 35 heavy (non-hydrogen) atoms. The molecule has 1 aliphatic carbocycles. The van der Waals surface area contributed by atoms with Gasteiger partial charge in [0.1, 0.15) is 11.4 Å². The number of ether oxygens (including phenoxy) is 1. The van der Waals surface area contributed by atoms with Crippen molar-refractivity contribution < 1.29 is 14.3 Å². The molecule has 0 spiro atoms. The molecule has 0 bridgehead atoms. The number of methoxy groups -OCH3 is 1. The Morgan fingerprint density at radius 2 is 2.06 bits per heavy atom. The van der Waals surface area contributed by atoms with Gasteiger partial charge in [0.25, 0.3) is 5.91 Å². The van der Waals surface area contributed by atoms with Crippen LogP contribution in [-0.2, 0) is 11.3 Å². The van der Waals surface area contributed by atoms with Gasteiger partial charge in [-0.15, -0.1) is 5.10 Å². The molecule has 2 amide bonds. The summed E-state index contributed by atoms with van der Waals surface area (Å²) in [5.41, 5.74) is 8.59. The molecular weight excluding hydrogens is 446 g/mol. The van der Waals surface area contributed by atoms with E-state index in [0.29, 0.717) is 30.3 Å². The van der Waals surface area contributed by atoms with Gasteiger partial charge in [-0.3, -0.25) is 9.59 Å². The molecule has 1 aliphatic rings. The number of amides is 2. The van der Waals surface area contributed by atoms with Gasteiger partial charge in [0, 0.05) is 30.8 Å². The van der Waals surface area contributed by atoms with E-state index >= 15 is 0 Å². The average molecular weight is 482 g/mol. The van der Waals surface area contributed by atoms with Gasteiger partial charge in [-0.05, 0) is 61.9 Å². The summed E-state index contributed by atoms with van der Waals surface area (Å²) in [4.78, 5) is 28.4. The van der Waals surface area contributed by atoms with E-state index in [9.17, 15) is 9.59 Å². The van der Waals surface area contributed by atoms with E-state index in [1.54, 1.807) is 26.2 Å². The number of aryl methyl sites for hydroxylation is 1. The SMILES string of the molecule is COc1cccc(CNC(=O)c2cc(/C(N)=N/N(N)CC3CCCC(NC(C)=O)C3)cc(C)n2)c1. The summed E-state index contributed by atoms with van der Waals surface area (Å²) in [5, 5.41) is 11.5. The van der Waals surface area contributed by atoms with Crippen LogP contribution in [0.3, 0.4) is 0 Å². The summed E-state index contributed by atoms with van der Waals surface area (Å²) in [7, 11) is 1.60. The Hall–Kier alpha value is -3.66. The maximum atomic E-state index is 12.7. The summed E-state index contributed by atoms with van der Waals surface area (Å²) >= 11 is 0. The molecule has 6 N–H and O–H groups in total. The van der Waals surface area contributed by atoms with E-state index < -0.39 is 0 Å². The monoisotopic (exact) mass is 481 g/mol. The van der Waals surface area contributed by atoms with Crippen molar-refractivity contribution >= 4 is 17.6 Å². The first-order chi connectivity index (χ1) is 16.7. The maximum Gasteiger partial charge on any atom is 0.270 e. The Morgan fingerprint density at radius 1 is 1.26 bits per heavy atom. The third-order valence-electron chi connectivity index (χ3n) is 5.94. The Morgan fingerprint density at radius 3 is 2.80 bits per heavy atom. The Labute approximate surface area is 206 Å². The molecule has 1 heterocycles. The lowest BCUT2D eigenvalue weighted by Gasteiger charge is -2.31. The van der Waals surface area contributed by atoms with E-state index in [2.05, 4.69) is 20.7 Å². The highest BCUT2D eigenvalue weighted by Gasteiger charge is 2.23. The number of hydrogen-bond acceptors (Lipinski definition) is 7. The number of aromatic nitrogens is 1. The van der Waals surface area contributed by atoms with E-state index in [1.165, 1.54) is 12.0 Å². The highest BCUT2D eigenvalue weighted by Crippen LogP contribution is 2.25. The molecule has 1 aromatic carbocycles. The predicted octanol–water partition coefficient (Wildman–Crippen LogP) is 1.82. The molecule has 0 radical (unpaired) electrons. The number of hydrazine groups is 1. The normalized spacial score (nSPS) is 18.0. The van der Waals surface area contributed by atoms with Crippen molar-refractivity contribution in [3.8, 4) is 5.75 Å². The minimum atomic E-state index is -0.318. The predicted molar refractivity (Wildman–Crippen MR) is 134 cm³/mol. The highest BCUT2D eigenvalue weighted by molar-refractivity contribution is 6.00. The second kappa shape index (κ2) is 12.2. The van der Waals surface area contributed by atoms with Gasteiger partial charge in [-0.25, -0.2) is 15.9 Å². The molecular formula is C25H35N7O3. The van der Waals surface area contributed by atoms with Gasteiger partial charge in [0.2, 0.25) is 5.91 Å². The van der Waals surface area contributed by atoms with Crippen molar-refractivity contribution in [3.63, 3.8) is 0 Å². The Balaban J connectivity index is 1.62. The van der Waals surface area contributed by atoms with Gasteiger partial charge < -0.3 is 21.1 Å². The van der Waals surface area contributed by atoms with Crippen molar-refractivity contribution in [2.45, 2.75) is 52.1 Å². The number of nitrogens with zero attached hydrogens (tertiary/aromatic N) is 3. The first-order valence-corrected chi connectivity index (χ1v) is 11.8. The lowest BCUT2D eigenvalue weighted by molar-refractivity contribution is -0.120. The lowest BCUT2D eigenvalue weighted by atomic mass is 9.85. The molecule has 188 valence electrons. The van der Waals surface area contributed by atoms with E-state index in [0.717, 1.165) is 37.0 Å². The number of hydrazone groups is 1. The molecule has 0 aliphatic heterocycles. The van der Waals surface area contributed by atoms with Crippen LogP contribution in [0.25, 0.3) is 0 Å². The van der Waals surface area contributed by atoms with Gasteiger partial charge in [0.15, 0.2) is 5.84 Å². The number of carbonyl (C=O) groups is 2. The number of rotatable bonds is 9. The van der Waals surface area contributed by atoms with Crippen LogP contribution in [0.15, 0.2) is 41.5 Å². The molecule has 1 saturated carbocycles. The fraction of sp³-hybridized carbons (Fsp3) is 0.440. The van der Waals surface area contributed by atoms with Crippen LogP contribution in [0, 0.1) is 12.8 Å². The maximum absolute atomic E-state index is 12.7. The highest BCUT2D eigenvalue weighted by atomic mass is 16.5. The third kappa shape index (κ3) is 7.96. The number of nitrogens with one attached hydrogen (secondary N) is 2. The average Bonchev–Trinajstić information content (AvgIpc) is 2.82. The van der Waals surface area contributed by atoms with Crippen molar-refractivity contribution in [3.05, 3.63) is 58.9 Å². The molecule has 2 aromatic rings. The van der Waals surface area contributed by atoms with Crippen LogP contribution < -0.4 is 26.9 Å². The molecule has 3 rings (SSSR count). The largest absolute Gasteiger partial charge is 0.497 e. The van der Waals surface area contributed by atoms with Crippen LogP contribution in [0.5, 0.6) is 5.75 Å². The zero-order chi connectivity index (χ0) is 25.4. The van der Waals surface area contributed by atoms with E-state index in [4.69, 9.17) is 16.3 Å². The number of nitrogens with two attached hydrogens (primary N) is 2. The fourth-order valence-electron chi connectivity index (χ4n) is 4.36. The van der Waals surface area contributed by atoms with E-state index in [-0.39, 0.29) is 29.4 Å². The van der Waals surface area contributed by atoms with Crippen LogP contribution in [0.1, 0.15) is 59.9 Å². The van der Waals surface area contributed by atoms with Crippen LogP contribution in [-0.4, -0.2) is 47.4 Å². The molecule has 2 atom stereocenters. The zero-order valence-corrected chi connectivity index (χ0v) is 20.6. The molecule has 0 saturated heterocycles. The number of pyridine rings is 1. The molecule has 10 nitrogen and oxygen atoms in total. The van der Waals surface area contributed by atoms with Crippen LogP contribution >= 0.6 is 0 Å². The molecule has 1 fully saturated rings. The zero-order valence-electron chi connectivity index (χ0n) is 20.6. The fourth-order valence-corrected chi connectivity index (χ4v) is 4.36. The van der Waals surface area contributed by atoms with Gasteiger partial charge in [-0.2, -0.15) is 0 Å². The Bertz CT molecular complexity index is 1070. The van der Waals surface area contributed by atoms with E-state index in [1.807, 2.05) is 24.3 Å². The second-order valence-electron chi connectivity index (χ2n) is 8.95. The summed E-state index contributed by atoms with van der Waals surface area (Å²) in [6.07, 6.45) is 3.88. The van der Waals surface area contributed by atoms with Gasteiger partial charge in [-0.1, -0.05) is 18.6 Å². The Kier molecular flexibility index (Phi) is 9.02. The smallest absolute Gasteiger partial charge is 0.270 e. The summed E-state index contributed by atoms with van der Waals surface area (Å²) in [6, 6.07) is 11.0. The molecule has 2 unspecified atom stereocenters. The lowest BCUT2D eigenvalue weighted by Crippen LogP contribution is -2.41. The summed E-state index contributed by atoms with van der Waals surface area (Å²) in [5.74, 6) is 7.03. The number of carbonyl (C=O) groups excluding carboxylic acids is 2. The van der Waals surface area contributed by atoms with Crippen molar-refractivity contribution in [1.82, 2.24) is 20.7 Å². The quantitative estimate of drug-likeness (QED) is 0.185. The molecule has 1 aromatic heterocycles. The first kappa shape index (κ1) is 26.0. The minimum absolute atomic E-state index is 0.0149.